The number of aryl methyl sites for hydroxylation is 1. The molecule has 0 saturated carbocycles. The molecule has 0 N–H and O–H groups in total. The summed E-state index contributed by atoms with van der Waals surface area (Å²) in [5.41, 5.74) is 1.45. The molecule has 5 heteroatoms. The third kappa shape index (κ3) is 3.72. The summed E-state index contributed by atoms with van der Waals surface area (Å²) in [7, 11) is -3.76. The highest BCUT2D eigenvalue weighted by Gasteiger charge is 2.33. The van der Waals surface area contributed by atoms with E-state index in [1.807, 2.05) is 13.0 Å². The number of ketones is 1. The lowest BCUT2D eigenvalue weighted by Crippen LogP contribution is -2.17. The van der Waals surface area contributed by atoms with Crippen LogP contribution in [0, 0.1) is 6.92 Å². The summed E-state index contributed by atoms with van der Waals surface area (Å²) < 4.78 is 31.5. The van der Waals surface area contributed by atoms with Crippen LogP contribution in [-0.2, 0) is 9.84 Å². The molecule has 0 aliphatic heterocycles. The predicted molar refractivity (Wildman–Crippen MR) is 95.2 cm³/mol. The van der Waals surface area contributed by atoms with Gasteiger partial charge in [0.15, 0.2) is 15.6 Å². The molecular formula is C20H18O4S. The molecule has 0 aliphatic carbocycles. The Morgan fingerprint density at radius 2 is 1.64 bits per heavy atom. The van der Waals surface area contributed by atoms with Gasteiger partial charge < -0.3 is 4.42 Å². The van der Waals surface area contributed by atoms with Crippen LogP contribution in [0.4, 0.5) is 0 Å². The van der Waals surface area contributed by atoms with E-state index < -0.39 is 15.1 Å². The number of Topliss-reactive ketones (excluding diaryl/α,β-unsaturated/α-hetero) is 1. The van der Waals surface area contributed by atoms with E-state index in [0.717, 1.165) is 5.56 Å². The lowest BCUT2D eigenvalue weighted by Gasteiger charge is -2.15. The van der Waals surface area contributed by atoms with Crippen molar-refractivity contribution in [3.05, 3.63) is 89.9 Å². The van der Waals surface area contributed by atoms with E-state index in [9.17, 15) is 13.2 Å². The highest BCUT2D eigenvalue weighted by molar-refractivity contribution is 7.91. The Bertz CT molecular complexity index is 941. The zero-order valence-corrected chi connectivity index (χ0v) is 14.6. The molecule has 1 atom stereocenters. The third-order valence-electron chi connectivity index (χ3n) is 4.05. The minimum atomic E-state index is -3.76. The molecule has 2 aromatic carbocycles. The SMILES string of the molecule is Cc1ccc(S(=O)(=O)C(CC(=O)c2ccccc2)c2ccco2)cc1. The van der Waals surface area contributed by atoms with Crippen molar-refractivity contribution in [2.45, 2.75) is 23.5 Å². The Morgan fingerprint density at radius 1 is 0.960 bits per heavy atom. The topological polar surface area (TPSA) is 64.3 Å². The number of rotatable bonds is 6. The first-order chi connectivity index (χ1) is 12.0. The minimum Gasteiger partial charge on any atom is -0.468 e. The maximum atomic E-state index is 13.1. The molecule has 3 aromatic rings. The fraction of sp³-hybridized carbons (Fsp3) is 0.150. The molecule has 1 unspecified atom stereocenters. The van der Waals surface area contributed by atoms with Crippen molar-refractivity contribution in [1.82, 2.24) is 0 Å². The van der Waals surface area contributed by atoms with Gasteiger partial charge in [-0.2, -0.15) is 0 Å². The molecule has 0 aliphatic rings. The summed E-state index contributed by atoms with van der Waals surface area (Å²) in [5, 5.41) is -1.06. The van der Waals surface area contributed by atoms with E-state index in [1.165, 1.54) is 6.26 Å². The van der Waals surface area contributed by atoms with Crippen LogP contribution in [-0.4, -0.2) is 14.2 Å². The number of carbonyl (C=O) groups excluding carboxylic acids is 1. The Morgan fingerprint density at radius 3 is 2.24 bits per heavy atom. The predicted octanol–water partition coefficient (Wildman–Crippen LogP) is 4.38. The van der Waals surface area contributed by atoms with Crippen LogP contribution >= 0.6 is 0 Å². The smallest absolute Gasteiger partial charge is 0.188 e. The van der Waals surface area contributed by atoms with Gasteiger partial charge >= 0.3 is 0 Å². The molecule has 0 fully saturated rings. The normalized spacial score (nSPS) is 12.7. The quantitative estimate of drug-likeness (QED) is 0.616. The van der Waals surface area contributed by atoms with E-state index in [-0.39, 0.29) is 22.9 Å². The Labute approximate surface area is 147 Å². The van der Waals surface area contributed by atoms with Crippen molar-refractivity contribution in [2.75, 3.05) is 0 Å². The van der Waals surface area contributed by atoms with Crippen molar-refractivity contribution in [3.63, 3.8) is 0 Å². The first-order valence-electron chi connectivity index (χ1n) is 7.90. The van der Waals surface area contributed by atoms with E-state index in [2.05, 4.69) is 0 Å². The van der Waals surface area contributed by atoms with Crippen molar-refractivity contribution >= 4 is 15.6 Å². The van der Waals surface area contributed by atoms with Crippen molar-refractivity contribution in [2.24, 2.45) is 0 Å². The van der Waals surface area contributed by atoms with Crippen LogP contribution in [0.2, 0.25) is 0 Å². The first-order valence-corrected chi connectivity index (χ1v) is 9.45. The van der Waals surface area contributed by atoms with Gasteiger partial charge in [-0.1, -0.05) is 48.0 Å². The molecule has 128 valence electrons. The Kier molecular flexibility index (Phi) is 4.86. The van der Waals surface area contributed by atoms with Gasteiger partial charge in [-0.3, -0.25) is 4.79 Å². The number of carbonyl (C=O) groups is 1. The number of hydrogen-bond acceptors (Lipinski definition) is 4. The van der Waals surface area contributed by atoms with Crippen LogP contribution in [0.3, 0.4) is 0 Å². The fourth-order valence-corrected chi connectivity index (χ4v) is 4.29. The maximum absolute atomic E-state index is 13.1. The number of benzene rings is 2. The van der Waals surface area contributed by atoms with E-state index >= 15 is 0 Å². The monoisotopic (exact) mass is 354 g/mol. The minimum absolute atomic E-state index is 0.173. The average molecular weight is 354 g/mol. The van der Waals surface area contributed by atoms with E-state index in [0.29, 0.717) is 5.56 Å². The first kappa shape index (κ1) is 17.2. The largest absolute Gasteiger partial charge is 0.468 e. The van der Waals surface area contributed by atoms with Gasteiger partial charge in [0.2, 0.25) is 0 Å². The van der Waals surface area contributed by atoms with Crippen LogP contribution in [0.15, 0.2) is 82.3 Å². The summed E-state index contributed by atoms with van der Waals surface area (Å²) in [6.07, 6.45) is 1.24. The van der Waals surface area contributed by atoms with Gasteiger partial charge in [-0.05, 0) is 31.2 Å². The summed E-state index contributed by atoms with van der Waals surface area (Å²) in [6.45, 7) is 1.89. The van der Waals surface area contributed by atoms with Crippen LogP contribution < -0.4 is 0 Å². The van der Waals surface area contributed by atoms with Gasteiger partial charge in [0.25, 0.3) is 0 Å². The maximum Gasteiger partial charge on any atom is 0.188 e. The molecule has 1 heterocycles. The van der Waals surface area contributed by atoms with Crippen molar-refractivity contribution in [3.8, 4) is 0 Å². The highest BCUT2D eigenvalue weighted by Crippen LogP contribution is 2.33. The van der Waals surface area contributed by atoms with Crippen LogP contribution in [0.1, 0.15) is 33.4 Å². The standard InChI is InChI=1S/C20H18O4S/c1-15-9-11-17(12-10-15)25(22,23)20(19-8-5-13-24-19)14-18(21)16-6-3-2-4-7-16/h2-13,20H,14H2,1H3. The van der Waals surface area contributed by atoms with Gasteiger partial charge in [-0.15, -0.1) is 0 Å². The Balaban J connectivity index is 1.98. The zero-order valence-electron chi connectivity index (χ0n) is 13.8. The second kappa shape index (κ2) is 7.07. The molecule has 0 bridgehead atoms. The second-order valence-electron chi connectivity index (χ2n) is 5.86. The molecule has 0 radical (unpaired) electrons. The lowest BCUT2D eigenvalue weighted by atomic mass is 10.1. The lowest BCUT2D eigenvalue weighted by molar-refractivity contribution is 0.0978. The molecule has 0 spiro atoms. The summed E-state index contributed by atoms with van der Waals surface area (Å²) in [4.78, 5) is 12.8. The summed E-state index contributed by atoms with van der Waals surface area (Å²) in [5.74, 6) is 0.0301. The number of sulfone groups is 1. The molecule has 4 nitrogen and oxygen atoms in total. The van der Waals surface area contributed by atoms with Gasteiger partial charge in [0.05, 0.1) is 11.2 Å². The van der Waals surface area contributed by atoms with Crippen LogP contribution in [0.5, 0.6) is 0 Å². The van der Waals surface area contributed by atoms with Gasteiger partial charge in [-0.25, -0.2) is 8.42 Å². The third-order valence-corrected chi connectivity index (χ3v) is 6.13. The fourth-order valence-electron chi connectivity index (χ4n) is 2.64. The molecule has 0 amide bonds. The zero-order chi connectivity index (χ0) is 17.9. The summed E-state index contributed by atoms with van der Waals surface area (Å²) in [6, 6.07) is 18.5. The van der Waals surface area contributed by atoms with E-state index in [4.69, 9.17) is 4.42 Å². The van der Waals surface area contributed by atoms with E-state index in [1.54, 1.807) is 60.7 Å². The number of furan rings is 1. The molecular weight excluding hydrogens is 336 g/mol. The number of hydrogen-bond donors (Lipinski definition) is 0. The van der Waals surface area contributed by atoms with Gasteiger partial charge in [0.1, 0.15) is 11.0 Å². The molecule has 0 saturated heterocycles. The summed E-state index contributed by atoms with van der Waals surface area (Å²) >= 11 is 0. The molecule has 1 aromatic heterocycles. The van der Waals surface area contributed by atoms with Crippen LogP contribution in [0.25, 0.3) is 0 Å². The van der Waals surface area contributed by atoms with Crippen molar-refractivity contribution < 1.29 is 17.6 Å². The molecule has 3 rings (SSSR count). The van der Waals surface area contributed by atoms with Gasteiger partial charge in [0, 0.05) is 12.0 Å². The molecule has 25 heavy (non-hydrogen) atoms. The van der Waals surface area contributed by atoms with Crippen molar-refractivity contribution in [1.29, 1.82) is 0 Å². The second-order valence-corrected chi connectivity index (χ2v) is 7.99. The average Bonchev–Trinajstić information content (AvgIpc) is 3.14. The Hall–Kier alpha value is -2.66. The highest BCUT2D eigenvalue weighted by atomic mass is 32.2.